The van der Waals surface area contributed by atoms with Crippen LogP contribution in [0.25, 0.3) is 0 Å². The van der Waals surface area contributed by atoms with Gasteiger partial charge in [0.05, 0.1) is 6.42 Å². The Morgan fingerprint density at radius 1 is 1.32 bits per heavy atom. The van der Waals surface area contributed by atoms with E-state index in [1.807, 2.05) is 11.8 Å². The van der Waals surface area contributed by atoms with Crippen molar-refractivity contribution in [2.45, 2.75) is 46.6 Å². The summed E-state index contributed by atoms with van der Waals surface area (Å²) in [7, 11) is 0. The lowest BCUT2D eigenvalue weighted by Gasteiger charge is -2.39. The third-order valence-electron chi connectivity index (χ3n) is 3.73. The van der Waals surface area contributed by atoms with E-state index in [4.69, 9.17) is 5.11 Å². The summed E-state index contributed by atoms with van der Waals surface area (Å²) in [5, 5.41) is 8.85. The molecule has 5 heteroatoms. The van der Waals surface area contributed by atoms with Gasteiger partial charge < -0.3 is 14.9 Å². The summed E-state index contributed by atoms with van der Waals surface area (Å²) in [6, 6.07) is -0.280. The van der Waals surface area contributed by atoms with Crippen LogP contribution in [-0.4, -0.2) is 52.6 Å². The van der Waals surface area contributed by atoms with Crippen LogP contribution in [0.2, 0.25) is 0 Å². The Bertz CT molecular complexity index is 323. The van der Waals surface area contributed by atoms with Crippen molar-refractivity contribution < 1.29 is 14.7 Å². The van der Waals surface area contributed by atoms with Gasteiger partial charge in [0, 0.05) is 25.7 Å². The zero-order valence-electron chi connectivity index (χ0n) is 12.4. The smallest absolute Gasteiger partial charge is 0.320 e. The molecule has 110 valence electrons. The first-order chi connectivity index (χ1) is 8.85. The summed E-state index contributed by atoms with van der Waals surface area (Å²) in [4.78, 5) is 26.8. The maximum absolute atomic E-state index is 12.5. The molecule has 2 amide bonds. The standard InChI is InChI=1S/C14H26N2O3/c1-5-16(12(4)7-13(17)18)14(19)15-8-10(2)6-11(3)9-15/h10-12H,5-9H2,1-4H3,(H,17,18). The average molecular weight is 270 g/mol. The van der Waals surface area contributed by atoms with Crippen LogP contribution in [0, 0.1) is 11.8 Å². The molecular formula is C14H26N2O3. The molecule has 1 fully saturated rings. The molecule has 1 heterocycles. The first-order valence-electron chi connectivity index (χ1n) is 7.12. The van der Waals surface area contributed by atoms with Crippen molar-refractivity contribution in [2.75, 3.05) is 19.6 Å². The lowest BCUT2D eigenvalue weighted by Crippen LogP contribution is -2.52. The second kappa shape index (κ2) is 6.78. The summed E-state index contributed by atoms with van der Waals surface area (Å²) in [6.07, 6.45) is 1.15. The monoisotopic (exact) mass is 270 g/mol. The minimum atomic E-state index is -0.862. The number of carbonyl (C=O) groups is 2. The minimum absolute atomic E-state index is 0.00146. The molecule has 0 aromatic heterocycles. The SMILES string of the molecule is CCN(C(=O)N1CC(C)CC(C)C1)C(C)CC(=O)O. The maximum Gasteiger partial charge on any atom is 0.320 e. The van der Waals surface area contributed by atoms with Crippen molar-refractivity contribution in [1.29, 1.82) is 0 Å². The Morgan fingerprint density at radius 2 is 1.84 bits per heavy atom. The predicted molar refractivity (Wildman–Crippen MR) is 74.0 cm³/mol. The predicted octanol–water partition coefficient (Wildman–Crippen LogP) is 2.27. The molecule has 1 N–H and O–H groups in total. The number of rotatable bonds is 4. The van der Waals surface area contributed by atoms with E-state index >= 15 is 0 Å². The molecule has 19 heavy (non-hydrogen) atoms. The van der Waals surface area contributed by atoms with Crippen LogP contribution in [0.1, 0.15) is 40.5 Å². The third-order valence-corrected chi connectivity index (χ3v) is 3.73. The first-order valence-corrected chi connectivity index (χ1v) is 7.12. The van der Waals surface area contributed by atoms with Gasteiger partial charge in [-0.1, -0.05) is 13.8 Å². The number of likely N-dealkylation sites (tertiary alicyclic amines) is 1. The number of amides is 2. The van der Waals surface area contributed by atoms with Crippen molar-refractivity contribution in [2.24, 2.45) is 11.8 Å². The normalized spacial score (nSPS) is 24.9. The fourth-order valence-corrected chi connectivity index (χ4v) is 3.00. The highest BCUT2D eigenvalue weighted by molar-refractivity contribution is 5.76. The van der Waals surface area contributed by atoms with Crippen molar-refractivity contribution in [3.05, 3.63) is 0 Å². The van der Waals surface area contributed by atoms with E-state index in [1.54, 1.807) is 11.8 Å². The summed E-state index contributed by atoms with van der Waals surface area (Å²) in [5.41, 5.74) is 0. The lowest BCUT2D eigenvalue weighted by atomic mass is 9.92. The quantitative estimate of drug-likeness (QED) is 0.852. The second-order valence-corrected chi connectivity index (χ2v) is 5.87. The van der Waals surface area contributed by atoms with E-state index in [2.05, 4.69) is 13.8 Å². The summed E-state index contributed by atoms with van der Waals surface area (Å²) in [6.45, 7) is 10.1. The largest absolute Gasteiger partial charge is 0.481 e. The summed E-state index contributed by atoms with van der Waals surface area (Å²) < 4.78 is 0. The Hall–Kier alpha value is -1.26. The Balaban J connectivity index is 2.69. The molecule has 0 aromatic carbocycles. The van der Waals surface area contributed by atoms with Gasteiger partial charge in [0.15, 0.2) is 0 Å². The number of piperidine rings is 1. The molecule has 0 spiro atoms. The van der Waals surface area contributed by atoms with Crippen LogP contribution in [0.4, 0.5) is 4.79 Å². The number of hydrogen-bond donors (Lipinski definition) is 1. The Morgan fingerprint density at radius 3 is 2.26 bits per heavy atom. The highest BCUT2D eigenvalue weighted by atomic mass is 16.4. The molecule has 0 aromatic rings. The van der Waals surface area contributed by atoms with E-state index in [1.165, 1.54) is 0 Å². The highest BCUT2D eigenvalue weighted by Gasteiger charge is 2.30. The molecule has 1 rings (SSSR count). The van der Waals surface area contributed by atoms with Crippen LogP contribution in [0.15, 0.2) is 0 Å². The van der Waals surface area contributed by atoms with Gasteiger partial charge >= 0.3 is 12.0 Å². The van der Waals surface area contributed by atoms with E-state index < -0.39 is 5.97 Å². The number of aliphatic carboxylic acids is 1. The van der Waals surface area contributed by atoms with E-state index in [-0.39, 0.29) is 18.5 Å². The number of carbonyl (C=O) groups excluding carboxylic acids is 1. The fourth-order valence-electron chi connectivity index (χ4n) is 3.00. The molecule has 1 aliphatic rings. The van der Waals surface area contributed by atoms with Gasteiger partial charge in [0.25, 0.3) is 0 Å². The molecular weight excluding hydrogens is 244 g/mol. The van der Waals surface area contributed by atoms with Crippen LogP contribution in [0.5, 0.6) is 0 Å². The molecule has 3 atom stereocenters. The number of urea groups is 1. The molecule has 0 aliphatic carbocycles. The van der Waals surface area contributed by atoms with E-state index in [9.17, 15) is 9.59 Å². The van der Waals surface area contributed by atoms with Crippen molar-refractivity contribution >= 4 is 12.0 Å². The number of nitrogens with zero attached hydrogens (tertiary/aromatic N) is 2. The summed E-state index contributed by atoms with van der Waals surface area (Å²) in [5.74, 6) is 0.168. The van der Waals surface area contributed by atoms with Crippen LogP contribution < -0.4 is 0 Å². The van der Waals surface area contributed by atoms with Crippen LogP contribution >= 0.6 is 0 Å². The van der Waals surface area contributed by atoms with Gasteiger partial charge in [0.2, 0.25) is 0 Å². The van der Waals surface area contributed by atoms with E-state index in [0.29, 0.717) is 18.4 Å². The van der Waals surface area contributed by atoms with Gasteiger partial charge in [-0.15, -0.1) is 0 Å². The van der Waals surface area contributed by atoms with Crippen molar-refractivity contribution in [3.63, 3.8) is 0 Å². The highest BCUT2D eigenvalue weighted by Crippen LogP contribution is 2.22. The Labute approximate surface area is 115 Å². The second-order valence-electron chi connectivity index (χ2n) is 5.87. The maximum atomic E-state index is 12.5. The van der Waals surface area contributed by atoms with Crippen molar-refractivity contribution in [1.82, 2.24) is 9.80 Å². The van der Waals surface area contributed by atoms with Crippen molar-refractivity contribution in [3.8, 4) is 0 Å². The zero-order valence-corrected chi connectivity index (χ0v) is 12.4. The number of hydrogen-bond acceptors (Lipinski definition) is 2. The molecule has 3 unspecified atom stereocenters. The molecule has 1 aliphatic heterocycles. The minimum Gasteiger partial charge on any atom is -0.481 e. The molecule has 5 nitrogen and oxygen atoms in total. The van der Waals surface area contributed by atoms with Crippen LogP contribution in [-0.2, 0) is 4.79 Å². The number of carboxylic acid groups (broad SMARTS) is 1. The van der Waals surface area contributed by atoms with Gasteiger partial charge in [-0.3, -0.25) is 4.79 Å². The zero-order chi connectivity index (χ0) is 14.6. The first kappa shape index (κ1) is 15.8. The van der Waals surface area contributed by atoms with Gasteiger partial charge in [-0.05, 0) is 32.1 Å². The summed E-state index contributed by atoms with van der Waals surface area (Å²) >= 11 is 0. The number of carboxylic acids is 1. The molecule has 0 radical (unpaired) electrons. The topological polar surface area (TPSA) is 60.9 Å². The average Bonchev–Trinajstić information content (AvgIpc) is 2.27. The van der Waals surface area contributed by atoms with Gasteiger partial charge in [0.1, 0.15) is 0 Å². The molecule has 0 saturated carbocycles. The Kier molecular flexibility index (Phi) is 5.63. The lowest BCUT2D eigenvalue weighted by molar-refractivity contribution is -0.138. The van der Waals surface area contributed by atoms with Gasteiger partial charge in [-0.2, -0.15) is 0 Å². The molecule has 0 bridgehead atoms. The fraction of sp³-hybridized carbons (Fsp3) is 0.857. The van der Waals surface area contributed by atoms with Crippen LogP contribution in [0.3, 0.4) is 0 Å². The third kappa shape index (κ3) is 4.40. The molecule has 1 saturated heterocycles. The van der Waals surface area contributed by atoms with E-state index in [0.717, 1.165) is 19.5 Å². The van der Waals surface area contributed by atoms with Gasteiger partial charge in [-0.25, -0.2) is 4.79 Å².